The summed E-state index contributed by atoms with van der Waals surface area (Å²) in [5.74, 6) is -0.918. The predicted octanol–water partition coefficient (Wildman–Crippen LogP) is 5.58. The number of fused-ring (bicyclic) bond motifs is 1. The lowest BCUT2D eigenvalue weighted by molar-refractivity contribution is -0.00647. The van der Waals surface area contributed by atoms with E-state index in [1.54, 1.807) is 0 Å². The van der Waals surface area contributed by atoms with Gasteiger partial charge in [0.25, 0.3) is 0 Å². The number of nitrogens with zero attached hydrogens (tertiary/aromatic N) is 3. The highest BCUT2D eigenvalue weighted by Gasteiger charge is 2.22. The zero-order chi connectivity index (χ0) is 20.3. The van der Waals surface area contributed by atoms with Crippen LogP contribution in [0.1, 0.15) is 69.8 Å². The van der Waals surface area contributed by atoms with E-state index in [1.165, 1.54) is 13.8 Å². The summed E-state index contributed by atoms with van der Waals surface area (Å²) in [6.07, 6.45) is 2.84. The second-order valence-electron chi connectivity index (χ2n) is 6.57. The van der Waals surface area contributed by atoms with E-state index < -0.39 is 5.92 Å². The van der Waals surface area contributed by atoms with Gasteiger partial charge in [0.15, 0.2) is 0 Å². The number of ketones is 1. The number of hydrogen-bond donors (Lipinski definition) is 0. The van der Waals surface area contributed by atoms with Gasteiger partial charge >= 0.3 is 0 Å². The first-order chi connectivity index (χ1) is 12.8. The second-order valence-corrected chi connectivity index (χ2v) is 6.57. The normalized spacial score (nSPS) is 13.6. The molecule has 0 aliphatic carbocycles. The fraction of sp³-hybridized carbons (Fsp3) is 0.571. The van der Waals surface area contributed by atoms with Gasteiger partial charge in [-0.3, -0.25) is 4.79 Å². The highest BCUT2D eigenvalue weighted by molar-refractivity contribution is 5.94. The summed E-state index contributed by atoms with van der Waals surface area (Å²) in [5, 5.41) is 4.22. The molecule has 0 N–H and O–H groups in total. The highest BCUT2D eigenvalue weighted by Crippen LogP contribution is 2.20. The average Bonchev–Trinajstić information content (AvgIpc) is 3.31. The van der Waals surface area contributed by atoms with Crippen molar-refractivity contribution in [2.75, 3.05) is 0 Å². The van der Waals surface area contributed by atoms with E-state index in [0.717, 1.165) is 31.6 Å². The van der Waals surface area contributed by atoms with Crippen LogP contribution >= 0.6 is 0 Å². The van der Waals surface area contributed by atoms with Crippen LogP contribution in [-0.2, 0) is 13.0 Å². The second kappa shape index (κ2) is 11.6. The van der Waals surface area contributed by atoms with Gasteiger partial charge in [0.1, 0.15) is 5.82 Å². The van der Waals surface area contributed by atoms with Gasteiger partial charge in [-0.05, 0) is 12.8 Å². The first-order valence-electron chi connectivity index (χ1n) is 9.70. The van der Waals surface area contributed by atoms with Crippen molar-refractivity contribution in [3.8, 4) is 0 Å². The lowest BCUT2D eigenvalue weighted by atomic mass is 10.0. The number of Topliss-reactive ketones (excluding diaryl/α,β-unsaturated/α-hetero) is 1. The van der Waals surface area contributed by atoms with E-state index in [4.69, 9.17) is 0 Å². The summed E-state index contributed by atoms with van der Waals surface area (Å²) in [6, 6.07) is 12.0. The molecule has 1 aliphatic heterocycles. The van der Waals surface area contributed by atoms with Crippen LogP contribution in [-0.4, -0.2) is 26.5 Å². The van der Waals surface area contributed by atoms with E-state index in [0.29, 0.717) is 5.82 Å². The molecule has 0 bridgehead atoms. The SMILES string of the molecule is CCC(C)C(=O)c1nc2n(n1)CCC2.CCC(F)(F)CC.c1ccccc1. The first-order valence-corrected chi connectivity index (χ1v) is 9.70. The Bertz CT molecular complexity index is 617. The number of benzene rings is 1. The molecule has 0 saturated carbocycles. The number of rotatable bonds is 5. The number of alkyl halides is 2. The third-order valence-electron chi connectivity index (χ3n) is 4.50. The minimum atomic E-state index is -2.42. The fourth-order valence-electron chi connectivity index (χ4n) is 2.27. The maximum Gasteiger partial charge on any atom is 0.247 e. The summed E-state index contributed by atoms with van der Waals surface area (Å²) in [7, 11) is 0. The van der Waals surface area contributed by atoms with Crippen LogP contribution in [0.3, 0.4) is 0 Å². The molecule has 1 aromatic heterocycles. The molecule has 4 nitrogen and oxygen atoms in total. The minimum Gasteiger partial charge on any atom is -0.290 e. The van der Waals surface area contributed by atoms with Crippen molar-refractivity contribution in [3.63, 3.8) is 0 Å². The van der Waals surface area contributed by atoms with Crippen molar-refractivity contribution in [2.24, 2.45) is 5.92 Å². The van der Waals surface area contributed by atoms with E-state index in [-0.39, 0.29) is 24.5 Å². The number of aromatic nitrogens is 3. The van der Waals surface area contributed by atoms with Gasteiger partial charge in [-0.15, -0.1) is 5.10 Å². The van der Waals surface area contributed by atoms with Crippen LogP contribution in [0, 0.1) is 5.92 Å². The van der Waals surface area contributed by atoms with Crippen molar-refractivity contribution >= 4 is 5.78 Å². The molecule has 6 heteroatoms. The Labute approximate surface area is 161 Å². The molecule has 0 fully saturated rings. The van der Waals surface area contributed by atoms with Gasteiger partial charge in [0.05, 0.1) is 0 Å². The van der Waals surface area contributed by atoms with E-state index in [9.17, 15) is 13.6 Å². The number of carbonyl (C=O) groups is 1. The summed E-state index contributed by atoms with van der Waals surface area (Å²) in [5.41, 5.74) is 0. The minimum absolute atomic E-state index is 0.0382. The van der Waals surface area contributed by atoms with Crippen LogP contribution in [0.2, 0.25) is 0 Å². The molecule has 2 heterocycles. The lowest BCUT2D eigenvalue weighted by Crippen LogP contribution is -2.12. The summed E-state index contributed by atoms with van der Waals surface area (Å²) in [6.45, 7) is 7.82. The van der Waals surface area contributed by atoms with Crippen LogP contribution in [0.15, 0.2) is 36.4 Å². The number of halogens is 2. The van der Waals surface area contributed by atoms with E-state index >= 15 is 0 Å². The quantitative estimate of drug-likeness (QED) is 0.637. The molecule has 27 heavy (non-hydrogen) atoms. The van der Waals surface area contributed by atoms with Gasteiger partial charge in [0, 0.05) is 31.7 Å². The zero-order valence-corrected chi connectivity index (χ0v) is 16.8. The molecule has 0 spiro atoms. The molecule has 3 rings (SSSR count). The predicted molar refractivity (Wildman–Crippen MR) is 104 cm³/mol. The molecule has 0 saturated heterocycles. The summed E-state index contributed by atoms with van der Waals surface area (Å²) in [4.78, 5) is 16.0. The molecule has 150 valence electrons. The molecule has 1 aromatic carbocycles. The van der Waals surface area contributed by atoms with E-state index in [2.05, 4.69) is 10.1 Å². The maximum absolute atomic E-state index is 11.9. The molecule has 1 aliphatic rings. The molecule has 2 aromatic rings. The Hall–Kier alpha value is -2.11. The largest absolute Gasteiger partial charge is 0.290 e. The number of carbonyl (C=O) groups excluding carboxylic acids is 1. The van der Waals surface area contributed by atoms with Crippen LogP contribution in [0.5, 0.6) is 0 Å². The lowest BCUT2D eigenvalue weighted by Gasteiger charge is -2.08. The zero-order valence-electron chi connectivity index (χ0n) is 16.8. The Morgan fingerprint density at radius 1 is 1.11 bits per heavy atom. The van der Waals surface area contributed by atoms with Crippen molar-refractivity contribution in [2.45, 2.75) is 72.3 Å². The van der Waals surface area contributed by atoms with Crippen LogP contribution < -0.4 is 0 Å². The molecule has 1 unspecified atom stereocenters. The summed E-state index contributed by atoms with van der Waals surface area (Å²) >= 11 is 0. The molecule has 0 amide bonds. The third kappa shape index (κ3) is 7.97. The van der Waals surface area contributed by atoms with Crippen molar-refractivity contribution in [3.05, 3.63) is 48.0 Å². The van der Waals surface area contributed by atoms with Crippen molar-refractivity contribution < 1.29 is 13.6 Å². The van der Waals surface area contributed by atoms with Gasteiger partial charge in [-0.2, -0.15) is 0 Å². The Morgan fingerprint density at radius 3 is 2.00 bits per heavy atom. The van der Waals surface area contributed by atoms with Gasteiger partial charge < -0.3 is 0 Å². The highest BCUT2D eigenvalue weighted by atomic mass is 19.3. The molecular weight excluding hydrogens is 348 g/mol. The van der Waals surface area contributed by atoms with Crippen LogP contribution in [0.25, 0.3) is 0 Å². The van der Waals surface area contributed by atoms with Crippen molar-refractivity contribution in [1.29, 1.82) is 0 Å². The molecule has 1 atom stereocenters. The Morgan fingerprint density at radius 2 is 1.63 bits per heavy atom. The number of aryl methyl sites for hydroxylation is 2. The first kappa shape index (κ1) is 22.9. The third-order valence-corrected chi connectivity index (χ3v) is 4.50. The Kier molecular flexibility index (Phi) is 9.83. The van der Waals surface area contributed by atoms with Gasteiger partial charge in [0.2, 0.25) is 17.5 Å². The van der Waals surface area contributed by atoms with Gasteiger partial charge in [-0.1, -0.05) is 64.1 Å². The smallest absolute Gasteiger partial charge is 0.247 e. The topological polar surface area (TPSA) is 47.8 Å². The van der Waals surface area contributed by atoms with Crippen molar-refractivity contribution in [1.82, 2.24) is 14.8 Å². The van der Waals surface area contributed by atoms with Gasteiger partial charge in [-0.25, -0.2) is 18.4 Å². The summed E-state index contributed by atoms with van der Waals surface area (Å²) < 4.78 is 25.6. The van der Waals surface area contributed by atoms with E-state index in [1.807, 2.05) is 54.9 Å². The maximum atomic E-state index is 11.9. The number of hydrogen-bond acceptors (Lipinski definition) is 3. The Balaban J connectivity index is 0.000000235. The standard InChI is InChI=1S/C10H15N3O.C6H6.C5H10F2/c1-3-7(2)9(14)10-11-8-5-4-6-13(8)12-10;1-2-4-6-5-3-1;1-3-5(6,7)4-2/h7H,3-6H2,1-2H3;1-6H;3-4H2,1-2H3. The average molecular weight is 379 g/mol. The molecule has 0 radical (unpaired) electrons. The fourth-order valence-corrected chi connectivity index (χ4v) is 2.27. The molecular formula is C21H31F2N3O. The van der Waals surface area contributed by atoms with Crippen LogP contribution in [0.4, 0.5) is 8.78 Å². The monoisotopic (exact) mass is 379 g/mol.